The van der Waals surface area contributed by atoms with Gasteiger partial charge in [0.15, 0.2) is 5.69 Å². The standard InChI is InChI=1S/C37H19N5/c38-20-30-25-13-3-6-14-29(25)39-37(40-30)42-32-16-8-5-12-24(32)27-19-26-23-11-4-7-15-31(23)41-33-18-22-10-2-1-9-21(22)17-28(33)34(35(26)41)36(27)42/h1-19H. The molecule has 6 aromatic carbocycles. The minimum absolute atomic E-state index is 0.375. The highest BCUT2D eigenvalue weighted by Gasteiger charge is 2.25. The van der Waals surface area contributed by atoms with Crippen LogP contribution in [-0.4, -0.2) is 18.9 Å². The number of benzene rings is 6. The summed E-state index contributed by atoms with van der Waals surface area (Å²) in [7, 11) is 0. The third-order valence-corrected chi connectivity index (χ3v) is 8.86. The summed E-state index contributed by atoms with van der Waals surface area (Å²) in [6.07, 6.45) is 0. The fourth-order valence-corrected chi connectivity index (χ4v) is 7.15. The molecule has 192 valence electrons. The van der Waals surface area contributed by atoms with E-state index in [4.69, 9.17) is 9.97 Å². The number of fused-ring (bicyclic) bond motifs is 12. The maximum Gasteiger partial charge on any atom is 0.236 e. The third-order valence-electron chi connectivity index (χ3n) is 8.86. The molecule has 0 amide bonds. The lowest BCUT2D eigenvalue weighted by atomic mass is 10.0. The summed E-state index contributed by atoms with van der Waals surface area (Å²) >= 11 is 0. The van der Waals surface area contributed by atoms with Crippen molar-refractivity contribution < 1.29 is 0 Å². The number of nitrogens with zero attached hydrogens (tertiary/aromatic N) is 5. The van der Waals surface area contributed by atoms with Gasteiger partial charge in [0.2, 0.25) is 5.95 Å². The van der Waals surface area contributed by atoms with Crippen molar-refractivity contribution in [3.8, 4) is 12.0 Å². The van der Waals surface area contributed by atoms with Crippen LogP contribution >= 0.6 is 0 Å². The third kappa shape index (κ3) is 2.57. The van der Waals surface area contributed by atoms with Gasteiger partial charge in [-0.1, -0.05) is 72.8 Å². The Morgan fingerprint density at radius 1 is 0.524 bits per heavy atom. The summed E-state index contributed by atoms with van der Waals surface area (Å²) in [4.78, 5) is 9.91. The molecular weight excluding hydrogens is 514 g/mol. The summed E-state index contributed by atoms with van der Waals surface area (Å²) in [6.45, 7) is 0. The first-order chi connectivity index (χ1) is 20.8. The molecule has 5 heteroatoms. The average Bonchev–Trinajstić information content (AvgIpc) is 3.67. The Morgan fingerprint density at radius 2 is 1.17 bits per heavy atom. The Balaban J connectivity index is 1.52. The molecule has 0 unspecified atom stereocenters. The molecule has 5 nitrogen and oxygen atoms in total. The van der Waals surface area contributed by atoms with E-state index in [2.05, 4.69) is 106 Å². The van der Waals surface area contributed by atoms with Gasteiger partial charge in [-0.15, -0.1) is 0 Å². The van der Waals surface area contributed by atoms with Crippen molar-refractivity contribution in [3.63, 3.8) is 0 Å². The second-order valence-corrected chi connectivity index (χ2v) is 11.0. The second-order valence-electron chi connectivity index (χ2n) is 11.0. The molecule has 0 aliphatic carbocycles. The monoisotopic (exact) mass is 533 g/mol. The van der Waals surface area contributed by atoms with E-state index in [1.165, 1.54) is 48.9 Å². The lowest BCUT2D eigenvalue weighted by Gasteiger charge is -2.09. The molecule has 42 heavy (non-hydrogen) atoms. The van der Waals surface area contributed by atoms with Crippen LogP contribution in [0.5, 0.6) is 0 Å². The molecular formula is C37H19N5. The zero-order valence-electron chi connectivity index (χ0n) is 22.2. The Kier molecular flexibility index (Phi) is 3.94. The topological polar surface area (TPSA) is 58.9 Å². The van der Waals surface area contributed by atoms with Crippen LogP contribution in [0.4, 0.5) is 0 Å². The molecule has 0 saturated heterocycles. The highest BCUT2D eigenvalue weighted by Crippen LogP contribution is 2.46. The SMILES string of the molecule is N#Cc1nc(-n2c3ccccc3c3cc4c5ccccc5n5c6cc7ccccc7cc6c(c32)c45)nc2ccccc12. The van der Waals surface area contributed by atoms with Crippen molar-refractivity contribution in [1.29, 1.82) is 5.26 Å². The van der Waals surface area contributed by atoms with Crippen LogP contribution in [0, 0.1) is 11.3 Å². The smallest absolute Gasteiger partial charge is 0.236 e. The van der Waals surface area contributed by atoms with Gasteiger partial charge >= 0.3 is 0 Å². The first kappa shape index (κ1) is 21.8. The summed E-state index contributed by atoms with van der Waals surface area (Å²) in [5, 5.41) is 20.4. The summed E-state index contributed by atoms with van der Waals surface area (Å²) < 4.78 is 4.59. The van der Waals surface area contributed by atoms with E-state index in [0.29, 0.717) is 11.6 Å². The molecule has 0 spiro atoms. The van der Waals surface area contributed by atoms with E-state index in [1.54, 1.807) is 0 Å². The van der Waals surface area contributed by atoms with Crippen molar-refractivity contribution in [2.45, 2.75) is 0 Å². The van der Waals surface area contributed by atoms with Gasteiger partial charge in [0.25, 0.3) is 0 Å². The van der Waals surface area contributed by atoms with Gasteiger partial charge in [-0.2, -0.15) is 5.26 Å². The maximum atomic E-state index is 10.1. The van der Waals surface area contributed by atoms with Gasteiger partial charge in [-0.25, -0.2) is 9.97 Å². The van der Waals surface area contributed by atoms with Crippen LogP contribution in [0.2, 0.25) is 0 Å². The van der Waals surface area contributed by atoms with Gasteiger partial charge in [-0.05, 0) is 53.2 Å². The second kappa shape index (κ2) is 7.60. The molecule has 0 fully saturated rings. The number of aromatic nitrogens is 4. The number of hydrogen-bond donors (Lipinski definition) is 0. The molecule has 0 bridgehead atoms. The highest BCUT2D eigenvalue weighted by atomic mass is 15.2. The molecule has 10 rings (SSSR count). The van der Waals surface area contributed by atoms with Crippen molar-refractivity contribution in [2.24, 2.45) is 0 Å². The number of nitriles is 1. The van der Waals surface area contributed by atoms with Crippen molar-refractivity contribution in [3.05, 3.63) is 121 Å². The van der Waals surface area contributed by atoms with E-state index >= 15 is 0 Å². The molecule has 4 aromatic heterocycles. The van der Waals surface area contributed by atoms with E-state index in [0.717, 1.165) is 32.7 Å². The fraction of sp³-hybridized carbons (Fsp3) is 0. The largest absolute Gasteiger partial charge is 0.308 e. The normalized spacial score (nSPS) is 12.3. The lowest BCUT2D eigenvalue weighted by molar-refractivity contribution is 1.00. The van der Waals surface area contributed by atoms with Gasteiger partial charge in [0.1, 0.15) is 6.07 Å². The predicted octanol–water partition coefficient (Wildman–Crippen LogP) is 8.90. The van der Waals surface area contributed by atoms with Gasteiger partial charge in [0, 0.05) is 37.7 Å². The summed E-state index contributed by atoms with van der Waals surface area (Å²) in [5.74, 6) is 0.504. The molecule has 10 aromatic rings. The van der Waals surface area contributed by atoms with E-state index in [9.17, 15) is 5.26 Å². The molecule has 4 heterocycles. The molecule has 0 radical (unpaired) electrons. The average molecular weight is 534 g/mol. The minimum Gasteiger partial charge on any atom is -0.308 e. The molecule has 0 N–H and O–H groups in total. The number of hydrogen-bond acceptors (Lipinski definition) is 3. The van der Waals surface area contributed by atoms with Crippen molar-refractivity contribution >= 4 is 81.6 Å². The van der Waals surface area contributed by atoms with Crippen molar-refractivity contribution in [1.82, 2.24) is 18.9 Å². The van der Waals surface area contributed by atoms with E-state index in [1.807, 2.05) is 24.3 Å². The first-order valence-electron chi connectivity index (χ1n) is 14.0. The number of para-hydroxylation sites is 3. The van der Waals surface area contributed by atoms with Crippen LogP contribution in [0.1, 0.15) is 5.69 Å². The quantitative estimate of drug-likeness (QED) is 0.212. The van der Waals surface area contributed by atoms with Gasteiger partial charge < -0.3 is 4.40 Å². The van der Waals surface area contributed by atoms with Crippen molar-refractivity contribution in [2.75, 3.05) is 0 Å². The Labute approximate surface area is 238 Å². The van der Waals surface area contributed by atoms with Crippen LogP contribution in [-0.2, 0) is 0 Å². The maximum absolute atomic E-state index is 10.1. The molecule has 0 aliphatic rings. The van der Waals surface area contributed by atoms with Crippen LogP contribution < -0.4 is 0 Å². The minimum atomic E-state index is 0.375. The van der Waals surface area contributed by atoms with Gasteiger partial charge in [-0.3, -0.25) is 4.57 Å². The zero-order chi connectivity index (χ0) is 27.5. The fourth-order valence-electron chi connectivity index (χ4n) is 7.15. The lowest BCUT2D eigenvalue weighted by Crippen LogP contribution is -2.03. The van der Waals surface area contributed by atoms with Crippen LogP contribution in [0.3, 0.4) is 0 Å². The Bertz CT molecular complexity index is 2810. The van der Waals surface area contributed by atoms with Crippen LogP contribution in [0.25, 0.3) is 87.5 Å². The summed E-state index contributed by atoms with van der Waals surface area (Å²) in [5.41, 5.74) is 6.76. The Hall–Kier alpha value is -5.99. The highest BCUT2D eigenvalue weighted by molar-refractivity contribution is 6.34. The predicted molar refractivity (Wildman–Crippen MR) is 171 cm³/mol. The number of rotatable bonds is 1. The van der Waals surface area contributed by atoms with Crippen LogP contribution in [0.15, 0.2) is 115 Å². The zero-order valence-corrected chi connectivity index (χ0v) is 22.2. The first-order valence-corrected chi connectivity index (χ1v) is 14.0. The van der Waals surface area contributed by atoms with Gasteiger partial charge in [0.05, 0.1) is 33.1 Å². The molecule has 0 aliphatic heterocycles. The molecule has 0 saturated carbocycles. The van der Waals surface area contributed by atoms with E-state index in [-0.39, 0.29) is 0 Å². The molecule has 0 atom stereocenters. The summed E-state index contributed by atoms with van der Waals surface area (Å²) in [6, 6.07) is 42.7. The van der Waals surface area contributed by atoms with E-state index < -0.39 is 0 Å². The Morgan fingerprint density at radius 3 is 1.98 bits per heavy atom.